The van der Waals surface area contributed by atoms with Gasteiger partial charge in [-0.3, -0.25) is 9.69 Å². The second-order valence-corrected chi connectivity index (χ2v) is 8.82. The number of ether oxygens (including phenoxy) is 1. The normalized spacial score (nSPS) is 11.7. The number of nitrogens with zero attached hydrogens (tertiary/aromatic N) is 2. The van der Waals surface area contributed by atoms with Crippen molar-refractivity contribution >= 4 is 22.8 Å². The quantitative estimate of drug-likeness (QED) is 0.372. The molecule has 3 aromatic carbocycles. The van der Waals surface area contributed by atoms with Gasteiger partial charge in [0.2, 0.25) is 5.91 Å². The Bertz CT molecular complexity index is 1090. The molecule has 0 heterocycles. The lowest BCUT2D eigenvalue weighted by Gasteiger charge is -2.33. The summed E-state index contributed by atoms with van der Waals surface area (Å²) in [4.78, 5) is 30.0. The van der Waals surface area contributed by atoms with E-state index in [0.29, 0.717) is 26.0 Å². The smallest absolute Gasteiger partial charge is 0.410 e. The van der Waals surface area contributed by atoms with Crippen molar-refractivity contribution in [1.29, 1.82) is 0 Å². The van der Waals surface area contributed by atoms with E-state index in [9.17, 15) is 14.7 Å². The second kappa shape index (κ2) is 13.5. The monoisotopic (exact) mass is 476 g/mol. The first-order chi connectivity index (χ1) is 17.0. The largest absolute Gasteiger partial charge is 0.449 e. The lowest BCUT2D eigenvalue weighted by molar-refractivity contribution is -0.135. The van der Waals surface area contributed by atoms with Crippen LogP contribution in [-0.4, -0.2) is 59.8 Å². The SMILES string of the molecule is CCCCOC(=O)N(CCCO)[C@@H](Cc1ccc2ccccc2c1)C(=O)N(C)Cc1ccccc1. The fraction of sp³-hybridized carbons (Fsp3) is 0.379. The molecule has 1 N–H and O–H groups in total. The molecule has 0 aliphatic carbocycles. The number of likely N-dealkylation sites (N-methyl/N-ethyl adjacent to an activating group) is 1. The Kier molecular flexibility index (Phi) is 10.1. The Morgan fingerprint density at radius 1 is 0.914 bits per heavy atom. The van der Waals surface area contributed by atoms with Crippen LogP contribution in [0.1, 0.15) is 37.3 Å². The summed E-state index contributed by atoms with van der Waals surface area (Å²) in [7, 11) is 1.76. The maximum atomic E-state index is 13.8. The van der Waals surface area contributed by atoms with Gasteiger partial charge in [-0.25, -0.2) is 4.79 Å². The van der Waals surface area contributed by atoms with Crippen LogP contribution >= 0.6 is 0 Å². The number of rotatable bonds is 12. The summed E-state index contributed by atoms with van der Waals surface area (Å²) in [6, 6.07) is 23.2. The number of unbranched alkanes of at least 4 members (excludes halogenated alkanes) is 1. The minimum absolute atomic E-state index is 0.0739. The number of amides is 2. The number of hydrogen-bond donors (Lipinski definition) is 1. The first kappa shape index (κ1) is 26.2. The molecule has 0 radical (unpaired) electrons. The molecule has 1 atom stereocenters. The first-order valence-corrected chi connectivity index (χ1v) is 12.3. The van der Waals surface area contributed by atoms with Gasteiger partial charge >= 0.3 is 6.09 Å². The molecular formula is C29H36N2O4. The molecule has 0 bridgehead atoms. The average molecular weight is 477 g/mol. The number of aliphatic hydroxyl groups excluding tert-OH is 1. The number of carbonyl (C=O) groups excluding carboxylic acids is 2. The van der Waals surface area contributed by atoms with Crippen molar-refractivity contribution in [2.75, 3.05) is 26.8 Å². The predicted octanol–water partition coefficient (Wildman–Crippen LogP) is 5.03. The molecule has 3 rings (SSSR count). The fourth-order valence-electron chi connectivity index (χ4n) is 4.11. The van der Waals surface area contributed by atoms with Gasteiger partial charge in [-0.15, -0.1) is 0 Å². The maximum Gasteiger partial charge on any atom is 0.410 e. The molecule has 6 nitrogen and oxygen atoms in total. The topological polar surface area (TPSA) is 70.1 Å². The Morgan fingerprint density at radius 3 is 2.34 bits per heavy atom. The highest BCUT2D eigenvalue weighted by Gasteiger charge is 2.33. The van der Waals surface area contributed by atoms with E-state index in [1.807, 2.05) is 73.7 Å². The van der Waals surface area contributed by atoms with Crippen LogP contribution in [-0.2, 0) is 22.5 Å². The van der Waals surface area contributed by atoms with Gasteiger partial charge in [0.1, 0.15) is 6.04 Å². The van der Waals surface area contributed by atoms with Crippen LogP contribution in [0.15, 0.2) is 72.8 Å². The number of hydrogen-bond acceptors (Lipinski definition) is 4. The second-order valence-electron chi connectivity index (χ2n) is 8.82. The highest BCUT2D eigenvalue weighted by atomic mass is 16.6. The molecule has 0 saturated carbocycles. The lowest BCUT2D eigenvalue weighted by Crippen LogP contribution is -2.51. The van der Waals surface area contributed by atoms with Crippen LogP contribution in [0.5, 0.6) is 0 Å². The average Bonchev–Trinajstić information content (AvgIpc) is 2.88. The zero-order valence-electron chi connectivity index (χ0n) is 20.7. The third-order valence-corrected chi connectivity index (χ3v) is 6.06. The van der Waals surface area contributed by atoms with Gasteiger partial charge in [0.25, 0.3) is 0 Å². The van der Waals surface area contributed by atoms with Crippen LogP contribution in [0, 0.1) is 0 Å². The van der Waals surface area contributed by atoms with E-state index in [2.05, 4.69) is 6.07 Å². The van der Waals surface area contributed by atoms with Crippen molar-refractivity contribution in [3.63, 3.8) is 0 Å². The summed E-state index contributed by atoms with van der Waals surface area (Å²) >= 11 is 0. The van der Waals surface area contributed by atoms with Crippen molar-refractivity contribution in [2.45, 2.75) is 45.2 Å². The van der Waals surface area contributed by atoms with E-state index in [1.54, 1.807) is 11.9 Å². The Morgan fingerprint density at radius 2 is 1.63 bits per heavy atom. The van der Waals surface area contributed by atoms with Gasteiger partial charge in [-0.05, 0) is 34.7 Å². The fourth-order valence-corrected chi connectivity index (χ4v) is 4.11. The highest BCUT2D eigenvalue weighted by molar-refractivity contribution is 5.87. The summed E-state index contributed by atoms with van der Waals surface area (Å²) in [5, 5.41) is 11.7. The summed E-state index contributed by atoms with van der Waals surface area (Å²) in [6.07, 6.45) is 1.88. The van der Waals surface area contributed by atoms with E-state index in [0.717, 1.165) is 34.7 Å². The van der Waals surface area contributed by atoms with Crippen LogP contribution in [0.2, 0.25) is 0 Å². The number of benzene rings is 3. The summed E-state index contributed by atoms with van der Waals surface area (Å²) in [6.45, 7) is 2.94. The van der Waals surface area contributed by atoms with Gasteiger partial charge in [-0.1, -0.05) is 86.1 Å². The molecule has 0 aliphatic heterocycles. The molecule has 2 amide bonds. The first-order valence-electron chi connectivity index (χ1n) is 12.3. The van der Waals surface area contributed by atoms with Gasteiger partial charge in [0.15, 0.2) is 0 Å². The third-order valence-electron chi connectivity index (χ3n) is 6.06. The van der Waals surface area contributed by atoms with Crippen LogP contribution < -0.4 is 0 Å². The zero-order chi connectivity index (χ0) is 25.0. The van der Waals surface area contributed by atoms with E-state index >= 15 is 0 Å². The van der Waals surface area contributed by atoms with Crippen molar-refractivity contribution < 1.29 is 19.4 Å². The van der Waals surface area contributed by atoms with Crippen LogP contribution in [0.25, 0.3) is 10.8 Å². The molecule has 0 spiro atoms. The molecule has 0 aliphatic rings. The summed E-state index contributed by atoms with van der Waals surface area (Å²) in [5.41, 5.74) is 1.98. The molecule has 3 aromatic rings. The van der Waals surface area contributed by atoms with Crippen molar-refractivity contribution in [3.05, 3.63) is 83.9 Å². The van der Waals surface area contributed by atoms with Crippen LogP contribution in [0.4, 0.5) is 4.79 Å². The highest BCUT2D eigenvalue weighted by Crippen LogP contribution is 2.20. The van der Waals surface area contributed by atoms with Crippen LogP contribution in [0.3, 0.4) is 0 Å². The lowest BCUT2D eigenvalue weighted by atomic mass is 9.99. The molecule has 35 heavy (non-hydrogen) atoms. The minimum atomic E-state index is -0.745. The molecule has 0 unspecified atom stereocenters. The number of carbonyl (C=O) groups is 2. The van der Waals surface area contributed by atoms with E-state index < -0.39 is 12.1 Å². The summed E-state index contributed by atoms with van der Waals surface area (Å²) in [5.74, 6) is -0.160. The Hall–Kier alpha value is -3.38. The van der Waals surface area contributed by atoms with E-state index in [4.69, 9.17) is 4.74 Å². The molecule has 0 saturated heterocycles. The Balaban J connectivity index is 1.90. The van der Waals surface area contributed by atoms with Gasteiger partial charge < -0.3 is 14.7 Å². The van der Waals surface area contributed by atoms with Gasteiger partial charge in [0.05, 0.1) is 6.61 Å². The standard InChI is InChI=1S/C29H36N2O4/c1-3-4-19-35-29(34)31(17-10-18-32)27(28(33)30(2)22-23-11-6-5-7-12-23)21-24-15-16-25-13-8-9-14-26(25)20-24/h5-9,11-16,20,27,32H,3-4,10,17-19,21-22H2,1-2H3/t27-/m0/s1. The molecule has 0 fully saturated rings. The minimum Gasteiger partial charge on any atom is -0.449 e. The zero-order valence-corrected chi connectivity index (χ0v) is 20.7. The van der Waals surface area contributed by atoms with E-state index in [1.165, 1.54) is 4.90 Å². The summed E-state index contributed by atoms with van der Waals surface area (Å²) < 4.78 is 5.51. The van der Waals surface area contributed by atoms with Gasteiger partial charge in [-0.2, -0.15) is 0 Å². The molecule has 186 valence electrons. The van der Waals surface area contributed by atoms with Gasteiger partial charge in [0, 0.05) is 33.2 Å². The third kappa shape index (κ3) is 7.55. The number of fused-ring (bicyclic) bond motifs is 1. The molecule has 6 heteroatoms. The van der Waals surface area contributed by atoms with Crippen molar-refractivity contribution in [1.82, 2.24) is 9.80 Å². The molecular weight excluding hydrogens is 440 g/mol. The maximum absolute atomic E-state index is 13.8. The number of aliphatic hydroxyl groups is 1. The molecule has 0 aromatic heterocycles. The Labute approximate surface area is 208 Å². The predicted molar refractivity (Wildman–Crippen MR) is 139 cm³/mol. The van der Waals surface area contributed by atoms with E-state index in [-0.39, 0.29) is 19.1 Å². The van der Waals surface area contributed by atoms with Crippen molar-refractivity contribution in [2.24, 2.45) is 0 Å². The van der Waals surface area contributed by atoms with Crippen molar-refractivity contribution in [3.8, 4) is 0 Å².